The normalized spacial score (nSPS) is 7.20. The summed E-state index contributed by atoms with van der Waals surface area (Å²) >= 11 is -3.40. The minimum atomic E-state index is -3.40. The van der Waals surface area contributed by atoms with Gasteiger partial charge in [0.05, 0.1) is 0 Å². The highest BCUT2D eigenvalue weighted by molar-refractivity contribution is 5.75. The van der Waals surface area contributed by atoms with Crippen molar-refractivity contribution in [2.45, 2.75) is 0 Å². The van der Waals surface area contributed by atoms with E-state index >= 15 is 0 Å². The van der Waals surface area contributed by atoms with Gasteiger partial charge in [0.15, 0.2) is 17.4 Å². The maximum Gasteiger partial charge on any atom is 0.433 e. The van der Waals surface area contributed by atoms with Crippen molar-refractivity contribution in [3.63, 3.8) is 0 Å². The van der Waals surface area contributed by atoms with Gasteiger partial charge >= 0.3 is 14.8 Å². The molecule has 0 bridgehead atoms. The van der Waals surface area contributed by atoms with E-state index in [0.29, 0.717) is 0 Å². The highest BCUT2D eigenvalue weighted by Gasteiger charge is 1.86. The smallest absolute Gasteiger partial charge is 0.372 e. The van der Waals surface area contributed by atoms with E-state index in [1.54, 1.807) is 0 Å². The van der Waals surface area contributed by atoms with Crippen LogP contribution in [-0.4, -0.2) is 21.6 Å². The van der Waals surface area contributed by atoms with Crippen molar-refractivity contribution in [1.82, 2.24) is 0 Å². The predicted molar refractivity (Wildman–Crippen MR) is 12.2 cm³/mol. The van der Waals surface area contributed by atoms with Crippen LogP contribution >= 0.6 is 0 Å². The topological polar surface area (TPSA) is 66.3 Å². The molecule has 0 saturated heterocycles. The average Bonchev–Trinajstić information content (AvgIpc) is 0.811. The van der Waals surface area contributed by atoms with Crippen molar-refractivity contribution in [2.75, 3.05) is 0 Å². The highest BCUT2D eigenvalue weighted by atomic mass is 80.0. The summed E-state index contributed by atoms with van der Waals surface area (Å²) < 4.78 is 24.3. The lowest BCUT2D eigenvalue weighted by Crippen LogP contribution is -2.30. The Labute approximate surface area is 45.2 Å². The molecular weight excluding hydrogens is 155 g/mol. The Morgan fingerprint density at radius 2 is 1.40 bits per heavy atom. The summed E-state index contributed by atoms with van der Waals surface area (Å²) in [5.41, 5.74) is 0. The SMILES string of the molecule is [AlH3].[O-][Br+2]([O-])O. The summed E-state index contributed by atoms with van der Waals surface area (Å²) in [6, 6.07) is 0. The van der Waals surface area contributed by atoms with Gasteiger partial charge in [-0.05, 0) is 4.20 Å². The molecule has 0 aliphatic heterocycles. The summed E-state index contributed by atoms with van der Waals surface area (Å²) in [7, 11) is 0. The van der Waals surface area contributed by atoms with Crippen molar-refractivity contribution in [2.24, 2.45) is 0 Å². The Kier molecular flexibility index (Phi) is 9.11. The van der Waals surface area contributed by atoms with Gasteiger partial charge in [0.25, 0.3) is 0 Å². The molecule has 0 aromatic heterocycles. The van der Waals surface area contributed by atoms with E-state index in [0.717, 1.165) is 0 Å². The molecule has 0 unspecified atom stereocenters. The zero-order valence-electron chi connectivity index (χ0n) is 1.64. The highest BCUT2D eigenvalue weighted by Crippen LogP contribution is 1.38. The number of hydrogen-bond acceptors (Lipinski definition) is 3. The van der Waals surface area contributed by atoms with E-state index in [1.807, 2.05) is 0 Å². The molecule has 0 spiro atoms. The zero-order chi connectivity index (χ0) is 3.58. The van der Waals surface area contributed by atoms with Gasteiger partial charge in [-0.15, -0.1) is 0 Å². The van der Waals surface area contributed by atoms with Crippen molar-refractivity contribution >= 4 is 17.4 Å². The maximum absolute atomic E-state index is 8.63. The number of hydrogen-bond donors (Lipinski definition) is 1. The first-order chi connectivity index (χ1) is 1.73. The van der Waals surface area contributed by atoms with E-state index in [4.69, 9.17) is 12.6 Å². The van der Waals surface area contributed by atoms with Crippen LogP contribution < -0.4 is 8.40 Å². The summed E-state index contributed by atoms with van der Waals surface area (Å²) in [4.78, 5) is 0. The molecule has 0 aliphatic rings. The fourth-order valence-electron chi connectivity index (χ4n) is 0. The molecule has 3 nitrogen and oxygen atoms in total. The van der Waals surface area contributed by atoms with Gasteiger partial charge in [-0.2, -0.15) is 0 Å². The van der Waals surface area contributed by atoms with E-state index in [9.17, 15) is 0 Å². The van der Waals surface area contributed by atoms with Gasteiger partial charge in [0.1, 0.15) is 0 Å². The van der Waals surface area contributed by atoms with E-state index < -0.39 is 14.8 Å². The molecule has 0 amide bonds. The Morgan fingerprint density at radius 3 is 1.40 bits per heavy atom. The molecule has 5 heteroatoms. The summed E-state index contributed by atoms with van der Waals surface area (Å²) in [6.45, 7) is 0. The molecule has 32 valence electrons. The van der Waals surface area contributed by atoms with Gasteiger partial charge in [0, 0.05) is 0 Å². The van der Waals surface area contributed by atoms with Crippen LogP contribution in [0, 0.1) is 14.8 Å². The van der Waals surface area contributed by atoms with Crippen LogP contribution in [-0.2, 0) is 0 Å². The summed E-state index contributed by atoms with van der Waals surface area (Å²) in [5.74, 6) is 0. The zero-order valence-corrected chi connectivity index (χ0v) is 3.23. The molecule has 0 saturated carbocycles. The van der Waals surface area contributed by atoms with Gasteiger partial charge in [-0.25, -0.2) is 0 Å². The van der Waals surface area contributed by atoms with Crippen LogP contribution in [0.1, 0.15) is 0 Å². The average molecular weight is 159 g/mol. The fraction of sp³-hybridized carbons (Fsp3) is 0. The fourth-order valence-corrected chi connectivity index (χ4v) is 0. The second-order valence-electron chi connectivity index (χ2n) is 0.201. The maximum atomic E-state index is 8.63. The molecule has 0 radical (unpaired) electrons. The lowest BCUT2D eigenvalue weighted by molar-refractivity contribution is -1.63. The van der Waals surface area contributed by atoms with Gasteiger partial charge in [-0.3, -0.25) is 0 Å². The Hall–Kier alpha value is 0.892. The largest absolute Gasteiger partial charge is 0.433 e. The minimum Gasteiger partial charge on any atom is -0.372 e. The van der Waals surface area contributed by atoms with Crippen LogP contribution in [0.3, 0.4) is 0 Å². The quantitative estimate of drug-likeness (QED) is 0.365. The van der Waals surface area contributed by atoms with Gasteiger partial charge < -0.3 is 8.40 Å². The Balaban J connectivity index is 0. The third-order valence-corrected chi connectivity index (χ3v) is 0. The molecule has 0 aromatic rings. The summed E-state index contributed by atoms with van der Waals surface area (Å²) in [5, 5.41) is 0. The first-order valence-electron chi connectivity index (χ1n) is 0.478. The van der Waals surface area contributed by atoms with E-state index in [-0.39, 0.29) is 17.4 Å². The molecule has 0 fully saturated rings. The van der Waals surface area contributed by atoms with Gasteiger partial charge in [-0.1, -0.05) is 0 Å². The van der Waals surface area contributed by atoms with Crippen LogP contribution in [0.2, 0.25) is 0 Å². The first-order valence-corrected chi connectivity index (χ1v) is 2.48. The molecule has 5 heavy (non-hydrogen) atoms. The molecule has 0 rings (SSSR count). The third-order valence-electron chi connectivity index (χ3n) is 0. The molecule has 0 aromatic carbocycles. The standard InChI is InChI=1S/Al.BrHO3.3H/c;2-1(3)4;;;/h;2H;;;. The third kappa shape index (κ3) is 51.4. The summed E-state index contributed by atoms with van der Waals surface area (Å²) in [6.07, 6.45) is 0. The van der Waals surface area contributed by atoms with Crippen molar-refractivity contribution in [3.8, 4) is 0 Å². The monoisotopic (exact) mass is 158 g/mol. The van der Waals surface area contributed by atoms with Crippen molar-refractivity contribution in [1.29, 1.82) is 0 Å². The number of halogens is 1. The molecule has 1 N–H and O–H groups in total. The van der Waals surface area contributed by atoms with E-state index in [2.05, 4.69) is 0 Å². The van der Waals surface area contributed by atoms with Gasteiger partial charge in [0.2, 0.25) is 0 Å². The van der Waals surface area contributed by atoms with Crippen molar-refractivity contribution < 1.29 is 27.4 Å². The minimum absolute atomic E-state index is 0. The molecule has 0 atom stereocenters. The molecule has 0 heterocycles. The lowest BCUT2D eigenvalue weighted by Gasteiger charge is -1.69. The second-order valence-corrected chi connectivity index (χ2v) is 1.04. The molecule has 0 aliphatic carbocycles. The van der Waals surface area contributed by atoms with E-state index in [1.165, 1.54) is 0 Å². The Morgan fingerprint density at radius 1 is 1.40 bits per heavy atom. The van der Waals surface area contributed by atoms with Crippen molar-refractivity contribution in [3.05, 3.63) is 0 Å². The van der Waals surface area contributed by atoms with Crippen LogP contribution in [0.5, 0.6) is 0 Å². The number of rotatable bonds is 0. The lowest BCUT2D eigenvalue weighted by atomic mass is 16.0. The van der Waals surface area contributed by atoms with Crippen LogP contribution in [0.25, 0.3) is 0 Å². The van der Waals surface area contributed by atoms with Crippen LogP contribution in [0.4, 0.5) is 0 Å². The predicted octanol–water partition coefficient (Wildman–Crippen LogP) is -4.12. The first kappa shape index (κ1) is 9.31. The second kappa shape index (κ2) is 4.89. The van der Waals surface area contributed by atoms with Crippen LogP contribution in [0.15, 0.2) is 0 Å². The molecular formula is H4AlBrO3. The Bertz CT molecular complexity index is 11.6.